The average molecular weight is 210 g/mol. The van der Waals surface area contributed by atoms with Gasteiger partial charge in [0.15, 0.2) is 0 Å². The lowest BCUT2D eigenvalue weighted by atomic mass is 10.1. The normalized spacial score (nSPS) is 12.0. The van der Waals surface area contributed by atoms with E-state index in [1.165, 1.54) is 12.1 Å². The quantitative estimate of drug-likeness (QED) is 0.757. The Morgan fingerprint density at radius 3 is 2.50 bits per heavy atom. The highest BCUT2D eigenvalue weighted by molar-refractivity contribution is 6.31. The molecular weight excluding hydrogens is 200 g/mol. The number of rotatable bonds is 1. The van der Waals surface area contributed by atoms with Gasteiger partial charge in [0.2, 0.25) is 0 Å². The Morgan fingerprint density at radius 2 is 2.08 bits per heavy atom. The third-order valence-corrected chi connectivity index (χ3v) is 1.78. The smallest absolute Gasteiger partial charge is 0.124 e. The standard InChI is InChI=1S/C8H9ClFN.ClH/c1-5(11)7-3-2-6(10)4-8(7)9;/h2-5H,11H2,1H3;1H/t5-;/m1./s1. The Morgan fingerprint density at radius 1 is 1.50 bits per heavy atom. The summed E-state index contributed by atoms with van der Waals surface area (Å²) in [6, 6.07) is 4.07. The fourth-order valence-corrected chi connectivity index (χ4v) is 1.21. The van der Waals surface area contributed by atoms with E-state index in [9.17, 15) is 4.39 Å². The van der Waals surface area contributed by atoms with E-state index in [4.69, 9.17) is 17.3 Å². The van der Waals surface area contributed by atoms with Crippen molar-refractivity contribution in [1.82, 2.24) is 0 Å². The van der Waals surface area contributed by atoms with Crippen LogP contribution in [0.4, 0.5) is 4.39 Å². The molecule has 0 radical (unpaired) electrons. The molecular formula is C8H10Cl2FN. The van der Waals surface area contributed by atoms with Crippen molar-refractivity contribution in [3.05, 3.63) is 34.6 Å². The Balaban J connectivity index is 0.00000121. The number of halogens is 3. The van der Waals surface area contributed by atoms with Crippen LogP contribution in [0.15, 0.2) is 18.2 Å². The van der Waals surface area contributed by atoms with Crippen LogP contribution in [0.1, 0.15) is 18.5 Å². The fraction of sp³-hybridized carbons (Fsp3) is 0.250. The summed E-state index contributed by atoms with van der Waals surface area (Å²) in [4.78, 5) is 0. The summed E-state index contributed by atoms with van der Waals surface area (Å²) in [6.45, 7) is 1.80. The van der Waals surface area contributed by atoms with Crippen molar-refractivity contribution < 1.29 is 4.39 Å². The molecule has 0 fully saturated rings. The number of hydrogen-bond acceptors (Lipinski definition) is 1. The summed E-state index contributed by atoms with van der Waals surface area (Å²) in [7, 11) is 0. The Bertz CT molecular complexity index is 263. The minimum absolute atomic E-state index is 0. The lowest BCUT2D eigenvalue weighted by Crippen LogP contribution is -2.05. The van der Waals surface area contributed by atoms with Gasteiger partial charge in [-0.3, -0.25) is 0 Å². The molecule has 0 aliphatic rings. The monoisotopic (exact) mass is 209 g/mol. The zero-order valence-corrected chi connectivity index (χ0v) is 8.12. The average Bonchev–Trinajstić information content (AvgIpc) is 1.85. The SMILES string of the molecule is C[C@@H](N)c1ccc(F)cc1Cl.Cl. The maximum absolute atomic E-state index is 12.5. The maximum Gasteiger partial charge on any atom is 0.124 e. The molecule has 0 saturated carbocycles. The molecule has 1 rings (SSSR count). The van der Waals surface area contributed by atoms with E-state index < -0.39 is 0 Å². The molecule has 0 amide bonds. The minimum atomic E-state index is -0.334. The van der Waals surface area contributed by atoms with Crippen LogP contribution in [-0.4, -0.2) is 0 Å². The largest absolute Gasteiger partial charge is 0.324 e. The highest BCUT2D eigenvalue weighted by Crippen LogP contribution is 2.21. The molecule has 0 aliphatic heterocycles. The lowest BCUT2D eigenvalue weighted by molar-refractivity contribution is 0.626. The molecule has 4 heteroatoms. The summed E-state index contributed by atoms with van der Waals surface area (Å²) in [5, 5.41) is 0.389. The van der Waals surface area contributed by atoms with Crippen LogP contribution in [0, 0.1) is 5.82 Å². The molecule has 68 valence electrons. The lowest BCUT2D eigenvalue weighted by Gasteiger charge is -2.06. The van der Waals surface area contributed by atoms with Gasteiger partial charge < -0.3 is 5.73 Å². The maximum atomic E-state index is 12.5. The van der Waals surface area contributed by atoms with Crippen LogP contribution in [0.2, 0.25) is 5.02 Å². The van der Waals surface area contributed by atoms with E-state index in [0.29, 0.717) is 5.02 Å². The van der Waals surface area contributed by atoms with Gasteiger partial charge >= 0.3 is 0 Å². The Hall–Kier alpha value is -0.310. The summed E-state index contributed by atoms with van der Waals surface area (Å²) >= 11 is 5.70. The summed E-state index contributed by atoms with van der Waals surface area (Å²) in [6.07, 6.45) is 0. The van der Waals surface area contributed by atoms with E-state index in [1.807, 2.05) is 0 Å². The summed E-state index contributed by atoms with van der Waals surface area (Å²) in [5.74, 6) is -0.334. The fourth-order valence-electron chi connectivity index (χ4n) is 0.871. The van der Waals surface area contributed by atoms with Gasteiger partial charge in [0.25, 0.3) is 0 Å². The number of benzene rings is 1. The van der Waals surface area contributed by atoms with Gasteiger partial charge in [-0.25, -0.2) is 4.39 Å². The van der Waals surface area contributed by atoms with Crippen LogP contribution in [0.3, 0.4) is 0 Å². The van der Waals surface area contributed by atoms with Crippen molar-refractivity contribution >= 4 is 24.0 Å². The van der Waals surface area contributed by atoms with Gasteiger partial charge in [0, 0.05) is 11.1 Å². The first-order valence-electron chi connectivity index (χ1n) is 3.32. The van der Waals surface area contributed by atoms with Crippen molar-refractivity contribution in [2.75, 3.05) is 0 Å². The van der Waals surface area contributed by atoms with E-state index >= 15 is 0 Å². The second-order valence-corrected chi connectivity index (χ2v) is 2.86. The molecule has 0 heterocycles. The third-order valence-electron chi connectivity index (χ3n) is 1.45. The van der Waals surface area contributed by atoms with E-state index in [2.05, 4.69) is 0 Å². The van der Waals surface area contributed by atoms with Crippen molar-refractivity contribution in [2.24, 2.45) is 5.73 Å². The predicted molar refractivity (Wildman–Crippen MR) is 51.3 cm³/mol. The topological polar surface area (TPSA) is 26.0 Å². The molecule has 1 aromatic rings. The Labute approximate surface area is 82.1 Å². The Kier molecular flexibility index (Phi) is 4.53. The molecule has 0 saturated heterocycles. The van der Waals surface area contributed by atoms with Gasteiger partial charge in [-0.05, 0) is 24.6 Å². The first-order chi connectivity index (χ1) is 5.11. The third kappa shape index (κ3) is 2.63. The molecule has 12 heavy (non-hydrogen) atoms. The zero-order valence-electron chi connectivity index (χ0n) is 6.55. The minimum Gasteiger partial charge on any atom is -0.324 e. The first-order valence-corrected chi connectivity index (χ1v) is 3.69. The molecule has 0 unspecified atom stereocenters. The van der Waals surface area contributed by atoms with Gasteiger partial charge in [-0.15, -0.1) is 12.4 Å². The van der Waals surface area contributed by atoms with Crippen LogP contribution < -0.4 is 5.73 Å². The first kappa shape index (κ1) is 11.7. The molecule has 2 N–H and O–H groups in total. The summed E-state index contributed by atoms with van der Waals surface area (Å²) in [5.41, 5.74) is 6.33. The van der Waals surface area contributed by atoms with Crippen LogP contribution in [0.25, 0.3) is 0 Å². The molecule has 1 aromatic carbocycles. The van der Waals surface area contributed by atoms with Crippen molar-refractivity contribution in [3.63, 3.8) is 0 Å². The number of hydrogen-bond donors (Lipinski definition) is 1. The second-order valence-electron chi connectivity index (χ2n) is 2.45. The van der Waals surface area contributed by atoms with Gasteiger partial charge in [0.1, 0.15) is 5.82 Å². The molecule has 1 atom stereocenters. The van der Waals surface area contributed by atoms with Gasteiger partial charge in [-0.2, -0.15) is 0 Å². The molecule has 0 aromatic heterocycles. The zero-order chi connectivity index (χ0) is 8.43. The van der Waals surface area contributed by atoms with Crippen molar-refractivity contribution in [2.45, 2.75) is 13.0 Å². The molecule has 1 nitrogen and oxygen atoms in total. The molecule has 0 aliphatic carbocycles. The van der Waals surface area contributed by atoms with E-state index in [1.54, 1.807) is 13.0 Å². The van der Waals surface area contributed by atoms with Crippen LogP contribution in [-0.2, 0) is 0 Å². The highest BCUT2D eigenvalue weighted by Gasteiger charge is 2.04. The second kappa shape index (κ2) is 4.65. The van der Waals surface area contributed by atoms with Crippen LogP contribution in [0.5, 0.6) is 0 Å². The van der Waals surface area contributed by atoms with Crippen molar-refractivity contribution in [3.8, 4) is 0 Å². The molecule has 0 spiro atoms. The van der Waals surface area contributed by atoms with Gasteiger partial charge in [-0.1, -0.05) is 17.7 Å². The van der Waals surface area contributed by atoms with Gasteiger partial charge in [0.05, 0.1) is 0 Å². The van der Waals surface area contributed by atoms with Crippen LogP contribution >= 0.6 is 24.0 Å². The molecule has 0 bridgehead atoms. The highest BCUT2D eigenvalue weighted by atomic mass is 35.5. The predicted octanol–water partition coefficient (Wildman–Crippen LogP) is 2.92. The van der Waals surface area contributed by atoms with E-state index in [-0.39, 0.29) is 24.3 Å². The van der Waals surface area contributed by atoms with Crippen molar-refractivity contribution in [1.29, 1.82) is 0 Å². The number of nitrogens with two attached hydrogens (primary N) is 1. The van der Waals surface area contributed by atoms with E-state index in [0.717, 1.165) is 5.56 Å². The summed E-state index contributed by atoms with van der Waals surface area (Å²) < 4.78 is 12.5.